The number of halogens is 1. The summed E-state index contributed by atoms with van der Waals surface area (Å²) in [6, 6.07) is 9.81. The van der Waals surface area contributed by atoms with Gasteiger partial charge in [-0.1, -0.05) is 0 Å². The van der Waals surface area contributed by atoms with Crippen molar-refractivity contribution < 1.29 is 9.47 Å². The van der Waals surface area contributed by atoms with Crippen LogP contribution in [0.25, 0.3) is 21.8 Å². The zero-order valence-corrected chi connectivity index (χ0v) is 16.3. The first-order valence-corrected chi connectivity index (χ1v) is 8.18. The highest BCUT2D eigenvalue weighted by atomic mass is 35.5. The van der Waals surface area contributed by atoms with Crippen LogP contribution in [0.1, 0.15) is 5.69 Å². The first-order chi connectivity index (χ1) is 12.6. The third-order valence-corrected chi connectivity index (χ3v) is 4.53. The normalized spacial score (nSPS) is 10.7. The van der Waals surface area contributed by atoms with Crippen molar-refractivity contribution in [2.75, 3.05) is 19.5 Å². The van der Waals surface area contributed by atoms with Gasteiger partial charge in [0.2, 0.25) is 0 Å². The molecule has 0 aliphatic carbocycles. The van der Waals surface area contributed by atoms with E-state index in [1.165, 1.54) is 6.33 Å². The minimum Gasteiger partial charge on any atom is -0.493 e. The number of rotatable bonds is 4. The molecule has 2 aromatic carbocycles. The van der Waals surface area contributed by atoms with Crippen LogP contribution in [0.2, 0.25) is 0 Å². The molecule has 0 fully saturated rings. The molecule has 0 atom stereocenters. The van der Waals surface area contributed by atoms with Gasteiger partial charge in [0.25, 0.3) is 0 Å². The predicted molar refractivity (Wildman–Crippen MR) is 109 cm³/mol. The van der Waals surface area contributed by atoms with Crippen molar-refractivity contribution in [1.29, 1.82) is 0 Å². The molecule has 140 valence electrons. The van der Waals surface area contributed by atoms with E-state index in [0.717, 1.165) is 33.2 Å². The molecule has 0 radical (unpaired) electrons. The standard InChI is InChI=1S/C19H19N5O2.ClH/c1-11-13-6-5-12(7-16(13)23-24(11)2)22-19-14-8-17(25-3)18(26-4)9-15(14)20-10-21-19;/h5-10H,1-4H3,(H,20,21,22);1H. The second kappa shape index (κ2) is 7.28. The van der Waals surface area contributed by atoms with Crippen molar-refractivity contribution in [1.82, 2.24) is 19.7 Å². The van der Waals surface area contributed by atoms with E-state index in [9.17, 15) is 0 Å². The number of nitrogens with one attached hydrogen (secondary N) is 1. The molecule has 2 aromatic heterocycles. The molecule has 0 spiro atoms. The van der Waals surface area contributed by atoms with Gasteiger partial charge in [0.15, 0.2) is 11.5 Å². The Kier molecular flexibility index (Phi) is 5.05. The molecular formula is C19H20ClN5O2. The SMILES string of the molecule is COc1cc2ncnc(Nc3ccc4c(C)n(C)nc4c3)c2cc1OC.Cl. The number of nitrogens with zero attached hydrogens (tertiary/aromatic N) is 4. The minimum absolute atomic E-state index is 0. The molecule has 4 aromatic rings. The quantitative estimate of drug-likeness (QED) is 0.572. The Bertz CT molecular complexity index is 1130. The van der Waals surface area contributed by atoms with E-state index in [-0.39, 0.29) is 12.4 Å². The number of fused-ring (bicyclic) bond motifs is 2. The van der Waals surface area contributed by atoms with Crippen LogP contribution in [0.3, 0.4) is 0 Å². The molecule has 0 saturated carbocycles. The zero-order chi connectivity index (χ0) is 18.3. The summed E-state index contributed by atoms with van der Waals surface area (Å²) in [4.78, 5) is 8.72. The fourth-order valence-electron chi connectivity index (χ4n) is 3.03. The van der Waals surface area contributed by atoms with Crippen LogP contribution < -0.4 is 14.8 Å². The molecule has 27 heavy (non-hydrogen) atoms. The first-order valence-electron chi connectivity index (χ1n) is 8.18. The first kappa shape index (κ1) is 18.7. The number of hydrogen-bond donors (Lipinski definition) is 1. The molecule has 0 amide bonds. The number of hydrogen-bond acceptors (Lipinski definition) is 6. The monoisotopic (exact) mass is 385 g/mol. The number of methoxy groups -OCH3 is 2. The summed E-state index contributed by atoms with van der Waals surface area (Å²) in [6.45, 7) is 2.06. The molecule has 4 rings (SSSR count). The Morgan fingerprint density at radius 3 is 2.41 bits per heavy atom. The van der Waals surface area contributed by atoms with Crippen LogP contribution in [0.5, 0.6) is 11.5 Å². The van der Waals surface area contributed by atoms with E-state index < -0.39 is 0 Å². The highest BCUT2D eigenvalue weighted by molar-refractivity contribution is 5.94. The Morgan fingerprint density at radius 2 is 1.67 bits per heavy atom. The van der Waals surface area contributed by atoms with Crippen molar-refractivity contribution in [2.45, 2.75) is 6.92 Å². The van der Waals surface area contributed by atoms with Gasteiger partial charge in [0.05, 0.1) is 25.3 Å². The van der Waals surface area contributed by atoms with E-state index in [4.69, 9.17) is 9.47 Å². The maximum atomic E-state index is 5.40. The van der Waals surface area contributed by atoms with Crippen LogP contribution in [-0.4, -0.2) is 34.0 Å². The molecule has 2 heterocycles. The topological polar surface area (TPSA) is 74.1 Å². The highest BCUT2D eigenvalue weighted by Gasteiger charge is 2.12. The fraction of sp³-hybridized carbons (Fsp3) is 0.211. The maximum absolute atomic E-state index is 5.40. The molecule has 0 aliphatic rings. The lowest BCUT2D eigenvalue weighted by Crippen LogP contribution is -1.98. The van der Waals surface area contributed by atoms with Gasteiger partial charge < -0.3 is 14.8 Å². The molecule has 0 saturated heterocycles. The fourth-order valence-corrected chi connectivity index (χ4v) is 3.03. The smallest absolute Gasteiger partial charge is 0.162 e. The van der Waals surface area contributed by atoms with E-state index in [1.807, 2.05) is 36.0 Å². The van der Waals surface area contributed by atoms with Gasteiger partial charge in [-0.25, -0.2) is 9.97 Å². The van der Waals surface area contributed by atoms with Gasteiger partial charge >= 0.3 is 0 Å². The zero-order valence-electron chi connectivity index (χ0n) is 15.5. The molecular weight excluding hydrogens is 366 g/mol. The average molecular weight is 386 g/mol. The maximum Gasteiger partial charge on any atom is 0.162 e. The second-order valence-electron chi connectivity index (χ2n) is 6.01. The summed E-state index contributed by atoms with van der Waals surface area (Å²) in [5.74, 6) is 1.96. The number of aromatic nitrogens is 4. The van der Waals surface area contributed by atoms with Crippen LogP contribution in [0.4, 0.5) is 11.5 Å². The van der Waals surface area contributed by atoms with E-state index in [2.05, 4.69) is 33.4 Å². The average Bonchev–Trinajstić information content (AvgIpc) is 2.94. The summed E-state index contributed by atoms with van der Waals surface area (Å²) in [5, 5.41) is 9.88. The van der Waals surface area contributed by atoms with Gasteiger partial charge in [-0.15, -0.1) is 12.4 Å². The lowest BCUT2D eigenvalue weighted by Gasteiger charge is -2.12. The molecule has 7 nitrogen and oxygen atoms in total. The van der Waals surface area contributed by atoms with E-state index in [1.54, 1.807) is 14.2 Å². The summed E-state index contributed by atoms with van der Waals surface area (Å²) in [6.07, 6.45) is 1.53. The lowest BCUT2D eigenvalue weighted by atomic mass is 10.2. The molecule has 0 unspecified atom stereocenters. The lowest BCUT2D eigenvalue weighted by molar-refractivity contribution is 0.356. The minimum atomic E-state index is 0. The third kappa shape index (κ3) is 3.21. The van der Waals surface area contributed by atoms with Crippen molar-refractivity contribution in [2.24, 2.45) is 7.05 Å². The van der Waals surface area contributed by atoms with Crippen LogP contribution >= 0.6 is 12.4 Å². The molecule has 0 bridgehead atoms. The third-order valence-electron chi connectivity index (χ3n) is 4.53. The number of aryl methyl sites for hydroxylation is 2. The van der Waals surface area contributed by atoms with Gasteiger partial charge in [-0.3, -0.25) is 4.68 Å². The van der Waals surface area contributed by atoms with E-state index >= 15 is 0 Å². The van der Waals surface area contributed by atoms with Gasteiger partial charge in [0, 0.05) is 35.3 Å². The number of ether oxygens (including phenoxy) is 2. The van der Waals surface area contributed by atoms with Gasteiger partial charge in [0.1, 0.15) is 12.1 Å². The summed E-state index contributed by atoms with van der Waals surface area (Å²) < 4.78 is 12.6. The van der Waals surface area contributed by atoms with E-state index in [0.29, 0.717) is 17.3 Å². The number of anilines is 2. The Labute approximate surface area is 162 Å². The molecule has 0 aliphatic heterocycles. The van der Waals surface area contributed by atoms with Crippen molar-refractivity contribution in [3.05, 3.63) is 42.4 Å². The predicted octanol–water partition coefficient (Wildman–Crippen LogP) is 4.01. The highest BCUT2D eigenvalue weighted by Crippen LogP contribution is 2.34. The Morgan fingerprint density at radius 1 is 0.926 bits per heavy atom. The molecule has 1 N–H and O–H groups in total. The van der Waals surface area contributed by atoms with Crippen LogP contribution in [-0.2, 0) is 7.05 Å². The van der Waals surface area contributed by atoms with Crippen LogP contribution in [0.15, 0.2) is 36.7 Å². The second-order valence-corrected chi connectivity index (χ2v) is 6.01. The van der Waals surface area contributed by atoms with Crippen molar-refractivity contribution in [3.63, 3.8) is 0 Å². The largest absolute Gasteiger partial charge is 0.493 e. The number of benzene rings is 2. The Hall–Kier alpha value is -3.06. The molecule has 8 heteroatoms. The Balaban J connectivity index is 0.00000210. The van der Waals surface area contributed by atoms with Gasteiger partial charge in [-0.05, 0) is 31.2 Å². The summed E-state index contributed by atoms with van der Waals surface area (Å²) in [7, 11) is 5.16. The summed E-state index contributed by atoms with van der Waals surface area (Å²) in [5.41, 5.74) is 3.75. The van der Waals surface area contributed by atoms with Gasteiger partial charge in [-0.2, -0.15) is 5.10 Å². The summed E-state index contributed by atoms with van der Waals surface area (Å²) >= 11 is 0. The van der Waals surface area contributed by atoms with Crippen molar-refractivity contribution in [3.8, 4) is 11.5 Å². The van der Waals surface area contributed by atoms with Crippen molar-refractivity contribution >= 4 is 45.7 Å². The van der Waals surface area contributed by atoms with Crippen LogP contribution in [0, 0.1) is 6.92 Å².